The second-order valence-corrected chi connectivity index (χ2v) is 6.32. The first-order valence-corrected chi connectivity index (χ1v) is 6.95. The zero-order valence-corrected chi connectivity index (χ0v) is 9.80. The molecule has 1 fully saturated rings. The number of aryl methyl sites for hydroxylation is 1. The molecule has 1 aliphatic rings. The van der Waals surface area contributed by atoms with Crippen molar-refractivity contribution in [3.63, 3.8) is 0 Å². The second-order valence-electron chi connectivity index (χ2n) is 4.09. The summed E-state index contributed by atoms with van der Waals surface area (Å²) < 4.78 is 22.4. The molecule has 0 aromatic carbocycles. The van der Waals surface area contributed by atoms with Gasteiger partial charge in [0.1, 0.15) is 0 Å². The molecule has 88 valence electrons. The average molecular weight is 242 g/mol. The van der Waals surface area contributed by atoms with E-state index in [0.29, 0.717) is 12.0 Å². The van der Waals surface area contributed by atoms with Gasteiger partial charge in [-0.15, -0.1) is 0 Å². The van der Waals surface area contributed by atoms with Crippen LogP contribution in [0.1, 0.15) is 22.5 Å². The third-order valence-corrected chi connectivity index (χ3v) is 4.53. The van der Waals surface area contributed by atoms with E-state index in [-0.39, 0.29) is 23.5 Å². The molecule has 2 heterocycles. The zero-order chi connectivity index (χ0) is 11.8. The molecule has 1 atom stereocenters. The van der Waals surface area contributed by atoms with Crippen LogP contribution in [-0.2, 0) is 9.84 Å². The van der Waals surface area contributed by atoms with Gasteiger partial charge in [0.25, 0.3) is 5.91 Å². The third-order valence-electron chi connectivity index (χ3n) is 2.77. The van der Waals surface area contributed by atoms with Gasteiger partial charge in [0.15, 0.2) is 9.84 Å². The molecular formula is C10H14N2O3S. The minimum atomic E-state index is -2.94. The number of carbonyl (C=O) groups excluding carboxylic acids is 1. The number of rotatable bonds is 2. The summed E-state index contributed by atoms with van der Waals surface area (Å²) in [7, 11) is -2.94. The lowest BCUT2D eigenvalue weighted by Gasteiger charge is -2.10. The molecular weight excluding hydrogens is 228 g/mol. The Hall–Kier alpha value is -1.30. The van der Waals surface area contributed by atoms with Gasteiger partial charge in [-0.1, -0.05) is 0 Å². The Bertz CT molecular complexity index is 504. The summed E-state index contributed by atoms with van der Waals surface area (Å²) in [4.78, 5) is 14.7. The molecule has 5 nitrogen and oxygen atoms in total. The Morgan fingerprint density at radius 3 is 2.81 bits per heavy atom. The molecule has 0 bridgehead atoms. The minimum Gasteiger partial charge on any atom is -0.365 e. The first-order valence-electron chi connectivity index (χ1n) is 5.13. The van der Waals surface area contributed by atoms with Gasteiger partial charge < -0.3 is 10.3 Å². The fraction of sp³-hybridized carbons (Fsp3) is 0.500. The highest BCUT2D eigenvalue weighted by molar-refractivity contribution is 7.91. The topological polar surface area (TPSA) is 79.0 Å². The van der Waals surface area contributed by atoms with Crippen molar-refractivity contribution in [1.29, 1.82) is 0 Å². The van der Waals surface area contributed by atoms with Crippen molar-refractivity contribution in [3.05, 3.63) is 23.5 Å². The molecule has 1 aliphatic heterocycles. The van der Waals surface area contributed by atoms with Crippen LogP contribution in [0.15, 0.2) is 12.3 Å². The fourth-order valence-corrected chi connectivity index (χ4v) is 3.54. The maximum Gasteiger partial charge on any atom is 0.253 e. The second kappa shape index (κ2) is 3.93. The Kier molecular flexibility index (Phi) is 2.75. The largest absolute Gasteiger partial charge is 0.365 e. The van der Waals surface area contributed by atoms with Gasteiger partial charge >= 0.3 is 0 Å². The van der Waals surface area contributed by atoms with Crippen LogP contribution in [-0.4, -0.2) is 36.9 Å². The minimum absolute atomic E-state index is 0.0577. The van der Waals surface area contributed by atoms with E-state index >= 15 is 0 Å². The predicted octanol–water partition coefficient (Wildman–Crippen LogP) is 0.240. The number of aromatic nitrogens is 1. The van der Waals surface area contributed by atoms with Gasteiger partial charge in [0.05, 0.1) is 17.1 Å². The maximum absolute atomic E-state index is 11.8. The molecule has 6 heteroatoms. The molecule has 0 aliphatic carbocycles. The molecule has 0 saturated carbocycles. The molecule has 1 unspecified atom stereocenters. The van der Waals surface area contributed by atoms with Crippen molar-refractivity contribution in [3.8, 4) is 0 Å². The summed E-state index contributed by atoms with van der Waals surface area (Å²) in [6.07, 6.45) is 2.20. The summed E-state index contributed by atoms with van der Waals surface area (Å²) in [5, 5.41) is 2.74. The van der Waals surface area contributed by atoms with Gasteiger partial charge in [-0.3, -0.25) is 4.79 Å². The van der Waals surface area contributed by atoms with Crippen LogP contribution in [0.4, 0.5) is 0 Å². The van der Waals surface area contributed by atoms with E-state index in [1.54, 1.807) is 19.2 Å². The number of nitrogens with one attached hydrogen (secondary N) is 2. The maximum atomic E-state index is 11.8. The Morgan fingerprint density at radius 1 is 1.56 bits per heavy atom. The normalized spacial score (nSPS) is 23.2. The monoisotopic (exact) mass is 242 g/mol. The lowest BCUT2D eigenvalue weighted by molar-refractivity contribution is 0.0940. The van der Waals surface area contributed by atoms with Crippen molar-refractivity contribution in [2.24, 2.45) is 0 Å². The molecule has 1 aromatic rings. The predicted molar refractivity (Wildman–Crippen MR) is 60.1 cm³/mol. The van der Waals surface area contributed by atoms with Crippen LogP contribution in [0.2, 0.25) is 0 Å². The lowest BCUT2D eigenvalue weighted by atomic mass is 10.2. The Balaban J connectivity index is 2.02. The van der Waals surface area contributed by atoms with E-state index in [1.807, 2.05) is 0 Å². The highest BCUT2D eigenvalue weighted by Crippen LogP contribution is 2.13. The number of hydrogen-bond donors (Lipinski definition) is 2. The first kappa shape index (κ1) is 11.2. The van der Waals surface area contributed by atoms with E-state index in [4.69, 9.17) is 0 Å². The van der Waals surface area contributed by atoms with E-state index in [2.05, 4.69) is 10.3 Å². The third kappa shape index (κ3) is 2.27. The molecule has 1 amide bonds. The summed E-state index contributed by atoms with van der Waals surface area (Å²) in [6.45, 7) is 1.81. The summed E-state index contributed by atoms with van der Waals surface area (Å²) in [5.41, 5.74) is 1.36. The molecule has 0 radical (unpaired) electrons. The van der Waals surface area contributed by atoms with E-state index < -0.39 is 9.84 Å². The molecule has 0 spiro atoms. The fourth-order valence-electron chi connectivity index (χ4n) is 1.87. The first-order chi connectivity index (χ1) is 7.48. The van der Waals surface area contributed by atoms with Crippen molar-refractivity contribution in [2.75, 3.05) is 11.5 Å². The lowest BCUT2D eigenvalue weighted by Crippen LogP contribution is -2.35. The van der Waals surface area contributed by atoms with Crippen LogP contribution in [0.3, 0.4) is 0 Å². The van der Waals surface area contributed by atoms with Crippen molar-refractivity contribution in [2.45, 2.75) is 19.4 Å². The average Bonchev–Trinajstić information content (AvgIpc) is 2.72. The number of sulfone groups is 1. The summed E-state index contributed by atoms with van der Waals surface area (Å²) >= 11 is 0. The van der Waals surface area contributed by atoms with Gasteiger partial charge in [0, 0.05) is 17.9 Å². The SMILES string of the molecule is Cc1[nH]ccc1C(=O)NC1CCS(=O)(=O)C1. The number of amides is 1. The van der Waals surface area contributed by atoms with Crippen molar-refractivity contribution >= 4 is 15.7 Å². The van der Waals surface area contributed by atoms with Crippen LogP contribution >= 0.6 is 0 Å². The molecule has 1 saturated heterocycles. The van der Waals surface area contributed by atoms with Crippen LogP contribution < -0.4 is 5.32 Å². The highest BCUT2D eigenvalue weighted by atomic mass is 32.2. The smallest absolute Gasteiger partial charge is 0.253 e. The van der Waals surface area contributed by atoms with Gasteiger partial charge in [-0.05, 0) is 19.4 Å². The summed E-state index contributed by atoms with van der Waals surface area (Å²) in [6, 6.07) is 1.44. The Morgan fingerprint density at radius 2 is 2.31 bits per heavy atom. The molecule has 2 rings (SSSR count). The van der Waals surface area contributed by atoms with E-state index in [9.17, 15) is 13.2 Å². The van der Waals surface area contributed by atoms with Gasteiger partial charge in [0.2, 0.25) is 0 Å². The van der Waals surface area contributed by atoms with Crippen LogP contribution in [0.5, 0.6) is 0 Å². The van der Waals surface area contributed by atoms with E-state index in [1.165, 1.54) is 0 Å². The van der Waals surface area contributed by atoms with Gasteiger partial charge in [-0.25, -0.2) is 8.42 Å². The zero-order valence-electron chi connectivity index (χ0n) is 8.99. The Labute approximate surface area is 94.2 Å². The van der Waals surface area contributed by atoms with Crippen LogP contribution in [0, 0.1) is 6.92 Å². The number of hydrogen-bond acceptors (Lipinski definition) is 3. The highest BCUT2D eigenvalue weighted by Gasteiger charge is 2.29. The van der Waals surface area contributed by atoms with Crippen molar-refractivity contribution in [1.82, 2.24) is 10.3 Å². The standard InChI is InChI=1S/C10H14N2O3S/c1-7-9(2-4-11-7)10(13)12-8-3-5-16(14,15)6-8/h2,4,8,11H,3,5-6H2,1H3,(H,12,13). The molecule has 16 heavy (non-hydrogen) atoms. The number of carbonyl (C=O) groups is 1. The number of H-pyrrole nitrogens is 1. The quantitative estimate of drug-likeness (QED) is 0.779. The molecule has 1 aromatic heterocycles. The van der Waals surface area contributed by atoms with Crippen molar-refractivity contribution < 1.29 is 13.2 Å². The van der Waals surface area contributed by atoms with Gasteiger partial charge in [-0.2, -0.15) is 0 Å². The number of aromatic amines is 1. The molecule has 2 N–H and O–H groups in total. The van der Waals surface area contributed by atoms with Crippen LogP contribution in [0.25, 0.3) is 0 Å². The summed E-state index contributed by atoms with van der Waals surface area (Å²) in [5.74, 6) is 0.0209. The van der Waals surface area contributed by atoms with E-state index in [0.717, 1.165) is 5.69 Å².